The van der Waals surface area contributed by atoms with Crippen LogP contribution in [0, 0.1) is 15.9 Å². The average molecular weight is 414 g/mol. The van der Waals surface area contributed by atoms with E-state index in [1.165, 1.54) is 12.1 Å². The number of nitro groups is 1. The van der Waals surface area contributed by atoms with Gasteiger partial charge in [0.25, 0.3) is 5.54 Å². The van der Waals surface area contributed by atoms with Crippen molar-refractivity contribution in [1.29, 1.82) is 0 Å². The molecule has 1 unspecified atom stereocenters. The molecule has 8 heteroatoms. The number of ether oxygens (including phenoxy) is 1. The first-order valence-corrected chi connectivity index (χ1v) is 9.91. The largest absolute Gasteiger partial charge is 0.389 e. The van der Waals surface area contributed by atoms with Gasteiger partial charge in [0.2, 0.25) is 0 Å². The number of halogens is 1. The molecule has 2 aliphatic heterocycles. The van der Waals surface area contributed by atoms with Crippen molar-refractivity contribution in [2.45, 2.75) is 36.6 Å². The Labute approximate surface area is 173 Å². The number of benzene rings is 2. The minimum Gasteiger partial charge on any atom is -0.389 e. The van der Waals surface area contributed by atoms with Crippen molar-refractivity contribution < 1.29 is 24.0 Å². The predicted molar refractivity (Wildman–Crippen MR) is 106 cm³/mol. The second-order valence-corrected chi connectivity index (χ2v) is 7.90. The van der Waals surface area contributed by atoms with Crippen molar-refractivity contribution in [3.8, 4) is 0 Å². The van der Waals surface area contributed by atoms with Gasteiger partial charge < -0.3 is 14.6 Å². The molecule has 0 aliphatic carbocycles. The van der Waals surface area contributed by atoms with E-state index in [2.05, 4.69) is 0 Å². The lowest BCUT2D eigenvalue weighted by molar-refractivity contribution is -0.592. The lowest BCUT2D eigenvalue weighted by atomic mass is 9.79. The quantitative estimate of drug-likeness (QED) is 0.458. The summed E-state index contributed by atoms with van der Waals surface area (Å²) in [5.74, 6) is -0.364. The zero-order chi connectivity index (χ0) is 21.3. The minimum atomic E-state index is -1.75. The van der Waals surface area contributed by atoms with Gasteiger partial charge in [0.15, 0.2) is 0 Å². The molecular formula is C22H23FN2O5. The van der Waals surface area contributed by atoms with Gasteiger partial charge in [-0.1, -0.05) is 36.4 Å². The maximum atomic E-state index is 13.6. The van der Waals surface area contributed by atoms with Crippen molar-refractivity contribution in [3.63, 3.8) is 0 Å². The summed E-state index contributed by atoms with van der Waals surface area (Å²) in [4.78, 5) is 25.0. The van der Waals surface area contributed by atoms with E-state index in [0.717, 1.165) is 16.7 Å². The summed E-state index contributed by atoms with van der Waals surface area (Å²) in [5.41, 5.74) is 1.16. The Balaban J connectivity index is 1.84. The average Bonchev–Trinajstić information content (AvgIpc) is 2.78. The number of carbonyl (C=O) groups is 1. The fourth-order valence-electron chi connectivity index (χ4n) is 4.71. The fraction of sp³-hybridized carbons (Fsp3) is 0.409. The van der Waals surface area contributed by atoms with Crippen molar-refractivity contribution in [2.75, 3.05) is 19.8 Å². The molecule has 2 heterocycles. The van der Waals surface area contributed by atoms with E-state index in [9.17, 15) is 24.4 Å². The summed E-state index contributed by atoms with van der Waals surface area (Å²) in [6.07, 6.45) is 0.654. The molecule has 0 aromatic heterocycles. The summed E-state index contributed by atoms with van der Waals surface area (Å²) in [5, 5.41) is 22.2. The van der Waals surface area contributed by atoms with Gasteiger partial charge >= 0.3 is 0 Å². The molecule has 4 rings (SSSR count). The third kappa shape index (κ3) is 3.40. The van der Waals surface area contributed by atoms with Crippen LogP contribution >= 0.6 is 0 Å². The third-order valence-corrected chi connectivity index (χ3v) is 6.32. The van der Waals surface area contributed by atoms with Gasteiger partial charge in [0.05, 0.1) is 12.1 Å². The van der Waals surface area contributed by atoms with Gasteiger partial charge in [-0.05, 0) is 35.2 Å². The second-order valence-electron chi connectivity index (χ2n) is 7.90. The van der Waals surface area contributed by atoms with Crippen molar-refractivity contribution in [3.05, 3.63) is 81.2 Å². The first-order chi connectivity index (χ1) is 14.5. The molecule has 7 nitrogen and oxygen atoms in total. The number of rotatable bonds is 5. The van der Waals surface area contributed by atoms with Crippen LogP contribution < -0.4 is 0 Å². The van der Waals surface area contributed by atoms with Crippen LogP contribution in [0.25, 0.3) is 0 Å². The minimum absolute atomic E-state index is 0.102. The van der Waals surface area contributed by atoms with Crippen LogP contribution in [0.2, 0.25) is 0 Å². The highest BCUT2D eigenvalue weighted by molar-refractivity contribution is 5.56. The normalized spacial score (nSPS) is 29.2. The number of hydrogen-bond donors (Lipinski definition) is 1. The van der Waals surface area contributed by atoms with Crippen LogP contribution in [0.4, 0.5) is 4.39 Å². The van der Waals surface area contributed by atoms with Crippen LogP contribution in [0.3, 0.4) is 0 Å². The molecule has 0 amide bonds. The molecule has 0 bridgehead atoms. The standard InChI is InChI=1S/C22H23FN2O5/c23-17-7-5-16(6-8-17)21-19-4-2-1-3-15(19)9-10-24(21)20-11-18(12-26)30-14-22(20,13-27)25(28)29/h1-8,12,18,20-21,27H,9-11,13-14H2/t18-,20?,21-,22+/m0/s1. The van der Waals surface area contributed by atoms with E-state index in [0.29, 0.717) is 19.3 Å². The zero-order valence-electron chi connectivity index (χ0n) is 16.3. The topological polar surface area (TPSA) is 92.9 Å². The Morgan fingerprint density at radius 3 is 2.67 bits per heavy atom. The lowest BCUT2D eigenvalue weighted by Crippen LogP contribution is -2.67. The molecule has 2 aliphatic rings. The number of aldehydes is 1. The SMILES string of the molecule is O=C[C@@H]1CC(N2CCc3ccccc3[C@@H]2c2ccc(F)cc2)[C@](CO)([N+](=O)[O-])CO1. The highest BCUT2D eigenvalue weighted by Gasteiger charge is 2.58. The molecule has 2 aromatic carbocycles. The molecule has 30 heavy (non-hydrogen) atoms. The number of hydrogen-bond acceptors (Lipinski definition) is 6. The summed E-state index contributed by atoms with van der Waals surface area (Å²) >= 11 is 0. The van der Waals surface area contributed by atoms with Crippen LogP contribution in [-0.2, 0) is 16.0 Å². The third-order valence-electron chi connectivity index (χ3n) is 6.32. The van der Waals surface area contributed by atoms with Gasteiger partial charge in [-0.2, -0.15) is 0 Å². The summed E-state index contributed by atoms with van der Waals surface area (Å²) in [7, 11) is 0. The van der Waals surface area contributed by atoms with Crippen LogP contribution in [0.15, 0.2) is 48.5 Å². The maximum absolute atomic E-state index is 13.6. The molecule has 0 spiro atoms. The Morgan fingerprint density at radius 2 is 2.00 bits per heavy atom. The van der Waals surface area contributed by atoms with E-state index in [1.54, 1.807) is 12.1 Å². The number of aliphatic hydroxyl groups excluding tert-OH is 1. The van der Waals surface area contributed by atoms with E-state index in [-0.39, 0.29) is 24.9 Å². The fourth-order valence-corrected chi connectivity index (χ4v) is 4.71. The van der Waals surface area contributed by atoms with Gasteiger partial charge in [-0.15, -0.1) is 0 Å². The molecular weight excluding hydrogens is 391 g/mol. The van der Waals surface area contributed by atoms with E-state index in [4.69, 9.17) is 4.74 Å². The predicted octanol–water partition coefficient (Wildman–Crippen LogP) is 2.14. The Morgan fingerprint density at radius 1 is 1.27 bits per heavy atom. The number of fused-ring (bicyclic) bond motifs is 1. The van der Waals surface area contributed by atoms with Gasteiger partial charge in [0, 0.05) is 17.9 Å². The molecule has 1 fully saturated rings. The molecule has 158 valence electrons. The molecule has 0 saturated carbocycles. The Bertz CT molecular complexity index is 937. The van der Waals surface area contributed by atoms with E-state index in [1.807, 2.05) is 29.2 Å². The van der Waals surface area contributed by atoms with Crippen molar-refractivity contribution >= 4 is 6.29 Å². The van der Waals surface area contributed by atoms with Crippen molar-refractivity contribution in [1.82, 2.24) is 4.90 Å². The summed E-state index contributed by atoms with van der Waals surface area (Å²) in [6.45, 7) is -0.547. The first kappa shape index (κ1) is 20.6. The Kier molecular flexibility index (Phi) is 5.64. The van der Waals surface area contributed by atoms with E-state index >= 15 is 0 Å². The van der Waals surface area contributed by atoms with Crippen molar-refractivity contribution in [2.24, 2.45) is 0 Å². The monoisotopic (exact) mass is 414 g/mol. The maximum Gasteiger partial charge on any atom is 0.282 e. The number of nitrogens with zero attached hydrogens (tertiary/aromatic N) is 2. The molecule has 4 atom stereocenters. The van der Waals surface area contributed by atoms with Gasteiger partial charge in [0.1, 0.15) is 31.4 Å². The van der Waals surface area contributed by atoms with Crippen LogP contribution in [0.1, 0.15) is 29.2 Å². The number of aliphatic hydroxyl groups is 1. The van der Waals surface area contributed by atoms with Gasteiger partial charge in [-0.3, -0.25) is 15.0 Å². The van der Waals surface area contributed by atoms with Crippen LogP contribution in [-0.4, -0.2) is 58.7 Å². The second kappa shape index (κ2) is 8.22. The molecule has 0 radical (unpaired) electrons. The molecule has 1 saturated heterocycles. The van der Waals surface area contributed by atoms with Gasteiger partial charge in [-0.25, -0.2) is 4.39 Å². The lowest BCUT2D eigenvalue weighted by Gasteiger charge is -2.48. The smallest absolute Gasteiger partial charge is 0.282 e. The van der Waals surface area contributed by atoms with Crippen LogP contribution in [0.5, 0.6) is 0 Å². The summed E-state index contributed by atoms with van der Waals surface area (Å²) in [6, 6.07) is 12.9. The highest BCUT2D eigenvalue weighted by atomic mass is 19.1. The van der Waals surface area contributed by atoms with E-state index < -0.39 is 29.2 Å². The molecule has 2 aromatic rings. The zero-order valence-corrected chi connectivity index (χ0v) is 16.3. The first-order valence-electron chi connectivity index (χ1n) is 9.91. The summed E-state index contributed by atoms with van der Waals surface area (Å²) < 4.78 is 19.0. The molecule has 1 N–H and O–H groups in total. The number of carbonyl (C=O) groups excluding carboxylic acids is 1. The highest BCUT2D eigenvalue weighted by Crippen LogP contribution is 2.41. The Hall–Kier alpha value is -2.68.